The Balaban J connectivity index is 3.28. The Morgan fingerprint density at radius 1 is 1.50 bits per heavy atom. The van der Waals surface area contributed by atoms with Gasteiger partial charge in [0.1, 0.15) is 5.82 Å². The SMILES string of the molecule is Cc1cc(N)c(F)cc1S. The molecular formula is C7H8FNS. The Hall–Kier alpha value is -0.700. The van der Waals surface area contributed by atoms with Crippen molar-refractivity contribution in [1.29, 1.82) is 0 Å². The van der Waals surface area contributed by atoms with Crippen molar-refractivity contribution in [3.05, 3.63) is 23.5 Å². The van der Waals surface area contributed by atoms with E-state index >= 15 is 0 Å². The Morgan fingerprint density at radius 2 is 2.10 bits per heavy atom. The van der Waals surface area contributed by atoms with Gasteiger partial charge in [0.2, 0.25) is 0 Å². The molecule has 0 aliphatic rings. The van der Waals surface area contributed by atoms with Crippen molar-refractivity contribution in [2.24, 2.45) is 0 Å². The summed E-state index contributed by atoms with van der Waals surface area (Å²) in [4.78, 5) is 0.631. The number of anilines is 1. The smallest absolute Gasteiger partial charge is 0.147 e. The van der Waals surface area contributed by atoms with Gasteiger partial charge in [-0.2, -0.15) is 0 Å². The lowest BCUT2D eigenvalue weighted by Crippen LogP contribution is -1.91. The molecule has 2 N–H and O–H groups in total. The average Bonchev–Trinajstić information content (AvgIpc) is 1.84. The highest BCUT2D eigenvalue weighted by atomic mass is 32.1. The Morgan fingerprint density at radius 3 is 2.60 bits per heavy atom. The summed E-state index contributed by atoms with van der Waals surface area (Å²) in [5.74, 6) is -0.407. The fraction of sp³-hybridized carbons (Fsp3) is 0.143. The highest BCUT2D eigenvalue weighted by molar-refractivity contribution is 7.80. The molecule has 0 saturated carbocycles. The maximum Gasteiger partial charge on any atom is 0.147 e. The molecule has 0 aromatic heterocycles. The summed E-state index contributed by atoms with van der Waals surface area (Å²) in [6.45, 7) is 1.83. The number of benzene rings is 1. The van der Waals surface area contributed by atoms with Crippen LogP contribution in [0.1, 0.15) is 5.56 Å². The maximum absolute atomic E-state index is 12.6. The van der Waals surface area contributed by atoms with Crippen molar-refractivity contribution in [1.82, 2.24) is 0 Å². The first-order chi connectivity index (χ1) is 4.61. The second-order valence-corrected chi connectivity index (χ2v) is 2.64. The number of hydrogen-bond acceptors (Lipinski definition) is 2. The van der Waals surface area contributed by atoms with Crippen LogP contribution in [-0.2, 0) is 0 Å². The van der Waals surface area contributed by atoms with Gasteiger partial charge in [-0.3, -0.25) is 0 Å². The molecule has 10 heavy (non-hydrogen) atoms. The molecule has 0 atom stereocenters. The van der Waals surface area contributed by atoms with Gasteiger partial charge in [0.05, 0.1) is 5.69 Å². The molecule has 0 amide bonds. The summed E-state index contributed by atoms with van der Waals surface area (Å²) in [6, 6.07) is 2.88. The van der Waals surface area contributed by atoms with Crippen molar-refractivity contribution in [3.63, 3.8) is 0 Å². The standard InChI is InChI=1S/C7H8FNS/c1-4-2-6(9)5(8)3-7(4)10/h2-3,10H,9H2,1H3. The van der Waals surface area contributed by atoms with Crippen LogP contribution < -0.4 is 5.73 Å². The van der Waals surface area contributed by atoms with E-state index < -0.39 is 5.82 Å². The molecule has 1 aromatic carbocycles. The van der Waals surface area contributed by atoms with E-state index in [0.717, 1.165) is 5.56 Å². The summed E-state index contributed by atoms with van der Waals surface area (Å²) < 4.78 is 12.6. The van der Waals surface area contributed by atoms with E-state index in [1.54, 1.807) is 6.07 Å². The minimum absolute atomic E-state index is 0.176. The topological polar surface area (TPSA) is 26.0 Å². The number of nitrogens with two attached hydrogens (primary N) is 1. The van der Waals surface area contributed by atoms with Crippen LogP contribution >= 0.6 is 12.6 Å². The lowest BCUT2D eigenvalue weighted by Gasteiger charge is -2.00. The third-order valence-electron chi connectivity index (χ3n) is 1.32. The number of hydrogen-bond donors (Lipinski definition) is 2. The number of halogens is 1. The van der Waals surface area contributed by atoms with Crippen LogP contribution in [0.2, 0.25) is 0 Å². The molecule has 0 fully saturated rings. The predicted octanol–water partition coefficient (Wildman–Crippen LogP) is 2.01. The van der Waals surface area contributed by atoms with E-state index in [-0.39, 0.29) is 5.69 Å². The summed E-state index contributed by atoms with van der Waals surface area (Å²) in [5.41, 5.74) is 6.35. The fourth-order valence-corrected chi connectivity index (χ4v) is 0.871. The molecule has 0 heterocycles. The first kappa shape index (κ1) is 7.41. The minimum Gasteiger partial charge on any atom is -0.396 e. The zero-order valence-electron chi connectivity index (χ0n) is 5.56. The lowest BCUT2D eigenvalue weighted by atomic mass is 10.2. The third kappa shape index (κ3) is 1.24. The van der Waals surface area contributed by atoms with Crippen LogP contribution in [0, 0.1) is 12.7 Å². The largest absolute Gasteiger partial charge is 0.396 e. The zero-order valence-corrected chi connectivity index (χ0v) is 6.45. The molecule has 0 spiro atoms. The van der Waals surface area contributed by atoms with Gasteiger partial charge in [-0.1, -0.05) is 0 Å². The summed E-state index contributed by atoms with van der Waals surface area (Å²) >= 11 is 4.02. The predicted molar refractivity (Wildman–Crippen MR) is 42.8 cm³/mol. The number of thiol groups is 1. The van der Waals surface area contributed by atoms with Crippen molar-refractivity contribution < 1.29 is 4.39 Å². The molecule has 3 heteroatoms. The van der Waals surface area contributed by atoms with Gasteiger partial charge in [-0.05, 0) is 24.6 Å². The van der Waals surface area contributed by atoms with Gasteiger partial charge in [-0.15, -0.1) is 12.6 Å². The first-order valence-corrected chi connectivity index (χ1v) is 3.30. The number of nitrogen functional groups attached to an aromatic ring is 1. The van der Waals surface area contributed by atoms with Crippen molar-refractivity contribution in [3.8, 4) is 0 Å². The van der Waals surface area contributed by atoms with Crippen molar-refractivity contribution in [2.45, 2.75) is 11.8 Å². The summed E-state index contributed by atoms with van der Waals surface area (Å²) in [5, 5.41) is 0. The first-order valence-electron chi connectivity index (χ1n) is 2.86. The van der Waals surface area contributed by atoms with Crippen LogP contribution in [-0.4, -0.2) is 0 Å². The van der Waals surface area contributed by atoms with Gasteiger partial charge in [0.25, 0.3) is 0 Å². The number of aryl methyl sites for hydroxylation is 1. The molecule has 1 nitrogen and oxygen atoms in total. The van der Waals surface area contributed by atoms with Gasteiger partial charge < -0.3 is 5.73 Å². The second-order valence-electron chi connectivity index (χ2n) is 2.16. The Labute approximate surface area is 64.5 Å². The molecule has 54 valence electrons. The van der Waals surface area contributed by atoms with E-state index in [2.05, 4.69) is 12.6 Å². The number of rotatable bonds is 0. The average molecular weight is 157 g/mol. The van der Waals surface area contributed by atoms with Crippen molar-refractivity contribution in [2.75, 3.05) is 5.73 Å². The van der Waals surface area contributed by atoms with Gasteiger partial charge in [-0.25, -0.2) is 4.39 Å². The van der Waals surface area contributed by atoms with Gasteiger partial charge in [0.15, 0.2) is 0 Å². The van der Waals surface area contributed by atoms with Gasteiger partial charge in [0, 0.05) is 4.90 Å². The van der Waals surface area contributed by atoms with Crippen molar-refractivity contribution >= 4 is 18.3 Å². The summed E-state index contributed by atoms with van der Waals surface area (Å²) in [7, 11) is 0. The fourth-order valence-electron chi connectivity index (χ4n) is 0.693. The highest BCUT2D eigenvalue weighted by Crippen LogP contribution is 2.19. The molecule has 0 unspecified atom stereocenters. The summed E-state index contributed by atoms with van der Waals surface area (Å²) in [6.07, 6.45) is 0. The van der Waals surface area contributed by atoms with E-state index in [9.17, 15) is 4.39 Å². The van der Waals surface area contributed by atoms with Crippen LogP contribution in [0.15, 0.2) is 17.0 Å². The lowest BCUT2D eigenvalue weighted by molar-refractivity contribution is 0.628. The minimum atomic E-state index is -0.407. The quantitative estimate of drug-likeness (QED) is 0.437. The Bertz CT molecular complexity index is 210. The molecule has 0 saturated heterocycles. The molecule has 0 aliphatic carbocycles. The molecule has 1 aromatic rings. The molecule has 1 rings (SSSR count). The normalized spacial score (nSPS) is 9.90. The Kier molecular flexibility index (Phi) is 1.85. The van der Waals surface area contributed by atoms with Gasteiger partial charge >= 0.3 is 0 Å². The molecule has 0 bridgehead atoms. The van der Waals surface area contributed by atoms with Crippen LogP contribution in [0.3, 0.4) is 0 Å². The maximum atomic E-state index is 12.6. The van der Waals surface area contributed by atoms with Crippen LogP contribution in [0.25, 0.3) is 0 Å². The monoisotopic (exact) mass is 157 g/mol. The zero-order chi connectivity index (χ0) is 7.72. The molecule has 0 radical (unpaired) electrons. The second kappa shape index (κ2) is 2.50. The molecule has 0 aliphatic heterocycles. The third-order valence-corrected chi connectivity index (χ3v) is 1.80. The van der Waals surface area contributed by atoms with E-state index in [1.807, 2.05) is 6.92 Å². The highest BCUT2D eigenvalue weighted by Gasteiger charge is 2.00. The van der Waals surface area contributed by atoms with E-state index in [0.29, 0.717) is 4.90 Å². The van der Waals surface area contributed by atoms with E-state index in [1.165, 1.54) is 6.07 Å². The molecular weight excluding hydrogens is 149 g/mol. The van der Waals surface area contributed by atoms with Crippen LogP contribution in [0.4, 0.5) is 10.1 Å². The van der Waals surface area contributed by atoms with Crippen LogP contribution in [0.5, 0.6) is 0 Å². The van der Waals surface area contributed by atoms with E-state index in [4.69, 9.17) is 5.73 Å².